The highest BCUT2D eigenvalue weighted by Gasteiger charge is 2.39. The van der Waals surface area contributed by atoms with Crippen LogP contribution in [0.1, 0.15) is 18.5 Å². The molecule has 0 fully saturated rings. The predicted molar refractivity (Wildman–Crippen MR) is 99.8 cm³/mol. The first-order chi connectivity index (χ1) is 13.0. The summed E-state index contributed by atoms with van der Waals surface area (Å²) in [6.45, 7) is 1.27. The number of cyclic esters (lactones) is 1. The summed E-state index contributed by atoms with van der Waals surface area (Å²) in [6, 6.07) is 18.1. The minimum atomic E-state index is -1.16. The average Bonchev–Trinajstić information content (AvgIpc) is 2.68. The summed E-state index contributed by atoms with van der Waals surface area (Å²) in [5.74, 6) is -1.11. The molecular formula is C21H21NO5. The molecule has 4 atom stereocenters. The Morgan fingerprint density at radius 3 is 2.37 bits per heavy atom. The zero-order chi connectivity index (χ0) is 19.2. The second-order valence-electron chi connectivity index (χ2n) is 6.22. The number of carbonyl (C=O) groups is 2. The molecule has 3 rings (SSSR count). The third kappa shape index (κ3) is 4.74. The van der Waals surface area contributed by atoms with Gasteiger partial charge < -0.3 is 19.9 Å². The molecular weight excluding hydrogens is 346 g/mol. The van der Waals surface area contributed by atoms with Gasteiger partial charge in [0.05, 0.1) is 6.04 Å². The Hall–Kier alpha value is -3.12. The van der Waals surface area contributed by atoms with Crippen LogP contribution in [0, 0.1) is 0 Å². The van der Waals surface area contributed by atoms with E-state index in [9.17, 15) is 14.7 Å². The highest BCUT2D eigenvalue weighted by Crippen LogP contribution is 2.29. The normalized spacial score (nSPS) is 21.0. The first-order valence-corrected chi connectivity index (χ1v) is 8.65. The Balaban J connectivity index is 1.91. The molecule has 6 nitrogen and oxygen atoms in total. The number of hydrogen-bond acceptors (Lipinski definition) is 6. The molecule has 27 heavy (non-hydrogen) atoms. The van der Waals surface area contributed by atoms with E-state index in [-0.39, 0.29) is 0 Å². The Kier molecular flexibility index (Phi) is 5.88. The standard InChI is InChI=1S/C21H21NO5/c1-14(23)26-17-12-13-18(24)27-21(17)20(25)19(15-8-4-2-5-9-15)22-16-10-6-3-7-11-16/h2-13,17,19-22,25H,1H3/t17-,19-,20-,21+/m0/s1. The molecule has 1 heterocycles. The van der Waals surface area contributed by atoms with E-state index < -0.39 is 36.3 Å². The molecule has 1 aliphatic heterocycles. The molecule has 2 aromatic rings. The van der Waals surface area contributed by atoms with Gasteiger partial charge in [-0.25, -0.2) is 4.79 Å². The first-order valence-electron chi connectivity index (χ1n) is 8.65. The Morgan fingerprint density at radius 2 is 1.74 bits per heavy atom. The lowest BCUT2D eigenvalue weighted by molar-refractivity contribution is -0.171. The number of esters is 2. The van der Waals surface area contributed by atoms with Crippen molar-refractivity contribution in [2.75, 3.05) is 5.32 Å². The van der Waals surface area contributed by atoms with Crippen molar-refractivity contribution in [2.45, 2.75) is 31.3 Å². The van der Waals surface area contributed by atoms with Gasteiger partial charge in [0.25, 0.3) is 0 Å². The van der Waals surface area contributed by atoms with E-state index >= 15 is 0 Å². The number of aliphatic hydroxyl groups is 1. The molecule has 2 N–H and O–H groups in total. The molecule has 0 unspecified atom stereocenters. The quantitative estimate of drug-likeness (QED) is 0.764. The van der Waals surface area contributed by atoms with Crippen LogP contribution in [0.2, 0.25) is 0 Å². The lowest BCUT2D eigenvalue weighted by Gasteiger charge is -2.35. The van der Waals surface area contributed by atoms with Crippen LogP contribution in [0.25, 0.3) is 0 Å². The zero-order valence-electron chi connectivity index (χ0n) is 14.8. The number of ether oxygens (including phenoxy) is 2. The number of anilines is 1. The van der Waals surface area contributed by atoms with Gasteiger partial charge in [0.1, 0.15) is 6.10 Å². The van der Waals surface area contributed by atoms with E-state index in [1.54, 1.807) is 0 Å². The summed E-state index contributed by atoms with van der Waals surface area (Å²) in [5.41, 5.74) is 1.60. The van der Waals surface area contributed by atoms with Crippen molar-refractivity contribution in [2.24, 2.45) is 0 Å². The van der Waals surface area contributed by atoms with E-state index in [1.165, 1.54) is 19.1 Å². The first kappa shape index (κ1) is 18.7. The summed E-state index contributed by atoms with van der Waals surface area (Å²) in [6.07, 6.45) is -0.428. The zero-order valence-corrected chi connectivity index (χ0v) is 14.8. The fourth-order valence-corrected chi connectivity index (χ4v) is 3.02. The summed E-state index contributed by atoms with van der Waals surface area (Å²) in [7, 11) is 0. The van der Waals surface area contributed by atoms with Gasteiger partial charge in [0.2, 0.25) is 0 Å². The number of hydrogen-bond donors (Lipinski definition) is 2. The van der Waals surface area contributed by atoms with Gasteiger partial charge in [0, 0.05) is 18.7 Å². The highest BCUT2D eigenvalue weighted by molar-refractivity contribution is 5.83. The van der Waals surface area contributed by atoms with Gasteiger partial charge in [-0.3, -0.25) is 4.79 Å². The summed E-state index contributed by atoms with van der Waals surface area (Å²) in [4.78, 5) is 23.1. The van der Waals surface area contributed by atoms with Gasteiger partial charge in [-0.2, -0.15) is 0 Å². The van der Waals surface area contributed by atoms with Crippen molar-refractivity contribution in [1.29, 1.82) is 0 Å². The van der Waals surface area contributed by atoms with Crippen LogP contribution in [-0.4, -0.2) is 35.4 Å². The molecule has 0 radical (unpaired) electrons. The topological polar surface area (TPSA) is 84.9 Å². The van der Waals surface area contributed by atoms with Crippen LogP contribution < -0.4 is 5.32 Å². The molecule has 0 aliphatic carbocycles. The molecule has 0 saturated carbocycles. The van der Waals surface area contributed by atoms with Gasteiger partial charge in [-0.1, -0.05) is 48.5 Å². The number of carbonyl (C=O) groups excluding carboxylic acids is 2. The lowest BCUT2D eigenvalue weighted by Crippen LogP contribution is -2.48. The van der Waals surface area contributed by atoms with Crippen molar-refractivity contribution in [3.63, 3.8) is 0 Å². The van der Waals surface area contributed by atoms with Crippen molar-refractivity contribution in [1.82, 2.24) is 0 Å². The molecule has 2 aromatic carbocycles. The second kappa shape index (κ2) is 8.51. The third-order valence-electron chi connectivity index (χ3n) is 4.23. The molecule has 1 aliphatic rings. The largest absolute Gasteiger partial charge is 0.454 e. The minimum absolute atomic E-state index is 0.521. The third-order valence-corrected chi connectivity index (χ3v) is 4.23. The number of aliphatic hydroxyl groups excluding tert-OH is 1. The van der Waals surface area contributed by atoms with E-state index in [2.05, 4.69) is 5.32 Å². The van der Waals surface area contributed by atoms with Crippen LogP contribution in [0.5, 0.6) is 0 Å². The van der Waals surface area contributed by atoms with Crippen LogP contribution in [0.4, 0.5) is 5.69 Å². The molecule has 140 valence electrons. The number of benzene rings is 2. The average molecular weight is 367 g/mol. The Labute approximate surface area is 157 Å². The van der Waals surface area contributed by atoms with Crippen LogP contribution >= 0.6 is 0 Å². The van der Waals surface area contributed by atoms with Crippen LogP contribution in [-0.2, 0) is 19.1 Å². The van der Waals surface area contributed by atoms with Crippen LogP contribution in [0.3, 0.4) is 0 Å². The monoisotopic (exact) mass is 367 g/mol. The van der Waals surface area contributed by atoms with E-state index in [0.717, 1.165) is 11.3 Å². The van der Waals surface area contributed by atoms with Gasteiger partial charge >= 0.3 is 11.9 Å². The van der Waals surface area contributed by atoms with Crippen molar-refractivity contribution in [3.8, 4) is 0 Å². The molecule has 0 aromatic heterocycles. The smallest absolute Gasteiger partial charge is 0.331 e. The van der Waals surface area contributed by atoms with Gasteiger partial charge in [-0.05, 0) is 23.8 Å². The Bertz CT molecular complexity index is 806. The number of rotatable bonds is 6. The molecule has 0 spiro atoms. The lowest BCUT2D eigenvalue weighted by atomic mass is 9.93. The van der Waals surface area contributed by atoms with Crippen molar-refractivity contribution >= 4 is 17.6 Å². The molecule has 0 saturated heterocycles. The van der Waals surface area contributed by atoms with Gasteiger partial charge in [-0.15, -0.1) is 0 Å². The summed E-state index contributed by atoms with van der Waals surface area (Å²) < 4.78 is 10.5. The maximum atomic E-state index is 11.7. The van der Waals surface area contributed by atoms with Gasteiger partial charge in [0.15, 0.2) is 12.2 Å². The SMILES string of the molecule is CC(=O)O[C@H]1C=CC(=O)O[C@H]1[C@@H](O)[C@@H](Nc1ccccc1)c1ccccc1. The van der Waals surface area contributed by atoms with Crippen LogP contribution in [0.15, 0.2) is 72.8 Å². The van der Waals surface area contributed by atoms with E-state index in [1.807, 2.05) is 60.7 Å². The maximum absolute atomic E-state index is 11.7. The maximum Gasteiger partial charge on any atom is 0.331 e. The molecule has 6 heteroatoms. The second-order valence-corrected chi connectivity index (χ2v) is 6.22. The van der Waals surface area contributed by atoms with Crippen molar-refractivity contribution in [3.05, 3.63) is 78.4 Å². The fraction of sp³-hybridized carbons (Fsp3) is 0.238. The Morgan fingerprint density at radius 1 is 1.11 bits per heavy atom. The summed E-state index contributed by atoms with van der Waals surface area (Å²) in [5, 5.41) is 14.4. The fourth-order valence-electron chi connectivity index (χ4n) is 3.02. The molecule has 0 bridgehead atoms. The predicted octanol–water partition coefficient (Wildman–Crippen LogP) is 2.61. The minimum Gasteiger partial charge on any atom is -0.454 e. The highest BCUT2D eigenvalue weighted by atomic mass is 16.6. The van der Waals surface area contributed by atoms with Crippen molar-refractivity contribution < 1.29 is 24.2 Å². The number of para-hydroxylation sites is 1. The number of nitrogens with one attached hydrogen (secondary N) is 1. The van der Waals surface area contributed by atoms with E-state index in [4.69, 9.17) is 9.47 Å². The molecule has 0 amide bonds. The van der Waals surface area contributed by atoms with E-state index in [0.29, 0.717) is 0 Å². The summed E-state index contributed by atoms with van der Waals surface area (Å²) >= 11 is 0.